The van der Waals surface area contributed by atoms with Gasteiger partial charge >= 0.3 is 0 Å². The second-order valence-corrected chi connectivity index (χ2v) is 5.88. The minimum atomic E-state index is 0.0796. The molecule has 5 heteroatoms. The maximum Gasteiger partial charge on any atom is 0.221 e. The normalized spacial score (nSPS) is 12.3. The summed E-state index contributed by atoms with van der Waals surface area (Å²) in [5, 5.41) is 7.97. The lowest BCUT2D eigenvalue weighted by Crippen LogP contribution is -2.33. The second kappa shape index (κ2) is 8.11. The first-order chi connectivity index (χ1) is 10.6. The van der Waals surface area contributed by atoms with Gasteiger partial charge in [0.05, 0.1) is 5.52 Å². The molecular weight excluding hydrogens is 298 g/mol. The maximum absolute atomic E-state index is 11.7. The lowest BCUT2D eigenvalue weighted by molar-refractivity contribution is -0.121. The van der Waals surface area contributed by atoms with E-state index in [2.05, 4.69) is 22.5 Å². The zero-order chi connectivity index (χ0) is 15.9. The van der Waals surface area contributed by atoms with Gasteiger partial charge in [-0.3, -0.25) is 9.78 Å². The van der Waals surface area contributed by atoms with Crippen LogP contribution in [0.25, 0.3) is 10.9 Å². The number of fused-ring (bicyclic) bond motifs is 1. The minimum absolute atomic E-state index is 0.0796. The van der Waals surface area contributed by atoms with Crippen LogP contribution in [0.4, 0.5) is 0 Å². The topological polar surface area (TPSA) is 54.0 Å². The van der Waals surface area contributed by atoms with Crippen molar-refractivity contribution in [2.45, 2.75) is 39.3 Å². The average molecular weight is 320 g/mol. The Balaban J connectivity index is 1.89. The number of aromatic nitrogens is 1. The Hall–Kier alpha value is -1.65. The molecule has 2 N–H and O–H groups in total. The summed E-state index contributed by atoms with van der Waals surface area (Å²) in [5.41, 5.74) is 1.99. The van der Waals surface area contributed by atoms with Crippen LogP contribution in [0.2, 0.25) is 5.02 Å². The zero-order valence-corrected chi connectivity index (χ0v) is 13.8. The molecule has 0 aliphatic heterocycles. The van der Waals surface area contributed by atoms with Gasteiger partial charge in [0.15, 0.2) is 0 Å². The van der Waals surface area contributed by atoms with Crippen molar-refractivity contribution in [1.82, 2.24) is 15.6 Å². The number of nitrogens with one attached hydrogen (secondary N) is 2. The predicted molar refractivity (Wildman–Crippen MR) is 91.0 cm³/mol. The summed E-state index contributed by atoms with van der Waals surface area (Å²) >= 11 is 6.14. The minimum Gasteiger partial charge on any atom is -0.354 e. The number of benzene rings is 1. The second-order valence-electron chi connectivity index (χ2n) is 5.44. The maximum atomic E-state index is 11.7. The van der Waals surface area contributed by atoms with Crippen LogP contribution in [0.3, 0.4) is 0 Å². The van der Waals surface area contributed by atoms with E-state index in [0.29, 0.717) is 24.5 Å². The molecule has 1 aromatic carbocycles. The van der Waals surface area contributed by atoms with E-state index in [0.717, 1.165) is 22.9 Å². The quantitative estimate of drug-likeness (QED) is 0.770. The standard InChI is InChI=1S/C17H22ClN3O/c1-3-12(2)21-16(22)6-8-19-11-14-10-15(18)9-13-5-4-7-20-17(13)14/h4-5,7,9-10,12,19H,3,6,8,11H2,1-2H3,(H,21,22)/t12-/m1/s1. The van der Waals surface area contributed by atoms with Gasteiger partial charge in [-0.05, 0) is 37.1 Å². The summed E-state index contributed by atoms with van der Waals surface area (Å²) in [6, 6.07) is 7.95. The number of carbonyl (C=O) groups is 1. The molecule has 0 spiro atoms. The SMILES string of the molecule is CC[C@@H](C)NC(=O)CCNCc1cc(Cl)cc2cccnc12. The van der Waals surface area contributed by atoms with Crippen LogP contribution < -0.4 is 10.6 Å². The first kappa shape index (κ1) is 16.7. The van der Waals surface area contributed by atoms with E-state index < -0.39 is 0 Å². The highest BCUT2D eigenvalue weighted by Gasteiger charge is 2.06. The van der Waals surface area contributed by atoms with Gasteiger partial charge in [0, 0.05) is 42.2 Å². The summed E-state index contributed by atoms with van der Waals surface area (Å²) in [5.74, 6) is 0.0796. The van der Waals surface area contributed by atoms with Crippen LogP contribution in [0.5, 0.6) is 0 Å². The fourth-order valence-electron chi connectivity index (χ4n) is 2.24. The van der Waals surface area contributed by atoms with Gasteiger partial charge in [0.1, 0.15) is 0 Å². The summed E-state index contributed by atoms with van der Waals surface area (Å²) in [6.07, 6.45) is 3.19. The molecule has 0 unspecified atom stereocenters. The lowest BCUT2D eigenvalue weighted by Gasteiger charge is -2.12. The fraction of sp³-hybridized carbons (Fsp3) is 0.412. The molecule has 0 aliphatic carbocycles. The van der Waals surface area contributed by atoms with E-state index in [-0.39, 0.29) is 11.9 Å². The lowest BCUT2D eigenvalue weighted by atomic mass is 10.1. The van der Waals surface area contributed by atoms with Crippen molar-refractivity contribution >= 4 is 28.4 Å². The number of nitrogens with zero attached hydrogens (tertiary/aromatic N) is 1. The fourth-order valence-corrected chi connectivity index (χ4v) is 2.49. The van der Waals surface area contributed by atoms with Gasteiger partial charge in [-0.15, -0.1) is 0 Å². The highest BCUT2D eigenvalue weighted by molar-refractivity contribution is 6.31. The van der Waals surface area contributed by atoms with Crippen LogP contribution in [0, 0.1) is 0 Å². The number of pyridine rings is 1. The van der Waals surface area contributed by atoms with Crippen LogP contribution in [-0.4, -0.2) is 23.5 Å². The smallest absolute Gasteiger partial charge is 0.221 e. The molecule has 2 aromatic rings. The molecule has 0 radical (unpaired) electrons. The molecule has 0 saturated heterocycles. The van der Waals surface area contributed by atoms with Crippen LogP contribution in [0.1, 0.15) is 32.3 Å². The first-order valence-electron chi connectivity index (χ1n) is 7.63. The van der Waals surface area contributed by atoms with E-state index in [1.54, 1.807) is 6.20 Å². The van der Waals surface area contributed by atoms with Crippen LogP contribution in [0.15, 0.2) is 30.5 Å². The number of hydrogen-bond acceptors (Lipinski definition) is 3. The largest absolute Gasteiger partial charge is 0.354 e. The molecule has 1 aromatic heterocycles. The van der Waals surface area contributed by atoms with Crippen molar-refractivity contribution in [2.24, 2.45) is 0 Å². The van der Waals surface area contributed by atoms with Crippen molar-refractivity contribution in [3.63, 3.8) is 0 Å². The third-order valence-corrected chi connectivity index (χ3v) is 3.83. The van der Waals surface area contributed by atoms with Crippen LogP contribution in [-0.2, 0) is 11.3 Å². The Morgan fingerprint density at radius 2 is 2.23 bits per heavy atom. The molecule has 22 heavy (non-hydrogen) atoms. The summed E-state index contributed by atoms with van der Waals surface area (Å²) < 4.78 is 0. The zero-order valence-electron chi connectivity index (χ0n) is 13.0. The summed E-state index contributed by atoms with van der Waals surface area (Å²) in [4.78, 5) is 16.1. The monoisotopic (exact) mass is 319 g/mol. The van der Waals surface area contributed by atoms with Crippen molar-refractivity contribution < 1.29 is 4.79 Å². The van der Waals surface area contributed by atoms with Crippen molar-refractivity contribution in [3.05, 3.63) is 41.0 Å². The third kappa shape index (κ3) is 4.68. The molecule has 1 heterocycles. The highest BCUT2D eigenvalue weighted by atomic mass is 35.5. The molecule has 0 fully saturated rings. The molecule has 0 bridgehead atoms. The van der Waals surface area contributed by atoms with E-state index >= 15 is 0 Å². The van der Waals surface area contributed by atoms with Crippen molar-refractivity contribution in [1.29, 1.82) is 0 Å². The van der Waals surface area contributed by atoms with Gasteiger partial charge in [-0.2, -0.15) is 0 Å². The molecule has 0 saturated carbocycles. The van der Waals surface area contributed by atoms with Gasteiger partial charge in [0.25, 0.3) is 0 Å². The number of rotatable bonds is 7. The number of amides is 1. The predicted octanol–water partition coefficient (Wildman–Crippen LogP) is 3.28. The van der Waals surface area contributed by atoms with E-state index in [1.165, 1.54) is 0 Å². The Morgan fingerprint density at radius 1 is 1.41 bits per heavy atom. The van der Waals surface area contributed by atoms with Gasteiger partial charge in [0.2, 0.25) is 5.91 Å². The molecule has 0 aliphatic rings. The van der Waals surface area contributed by atoms with Crippen molar-refractivity contribution in [3.8, 4) is 0 Å². The Kier molecular flexibility index (Phi) is 6.16. The van der Waals surface area contributed by atoms with Gasteiger partial charge in [-0.1, -0.05) is 24.6 Å². The average Bonchev–Trinajstić information content (AvgIpc) is 2.51. The third-order valence-electron chi connectivity index (χ3n) is 3.61. The van der Waals surface area contributed by atoms with Crippen molar-refractivity contribution in [2.75, 3.05) is 6.54 Å². The summed E-state index contributed by atoms with van der Waals surface area (Å²) in [7, 11) is 0. The van der Waals surface area contributed by atoms with E-state index in [4.69, 9.17) is 11.6 Å². The van der Waals surface area contributed by atoms with Gasteiger partial charge in [-0.25, -0.2) is 0 Å². The molecule has 1 atom stereocenters. The molecule has 1 amide bonds. The Labute approximate surface area is 136 Å². The summed E-state index contributed by atoms with van der Waals surface area (Å²) in [6.45, 7) is 5.34. The Bertz CT molecular complexity index is 645. The molecule has 118 valence electrons. The highest BCUT2D eigenvalue weighted by Crippen LogP contribution is 2.22. The number of carbonyl (C=O) groups excluding carboxylic acids is 1. The molecule has 2 rings (SSSR count). The van der Waals surface area contributed by atoms with E-state index in [9.17, 15) is 4.79 Å². The number of hydrogen-bond donors (Lipinski definition) is 2. The first-order valence-corrected chi connectivity index (χ1v) is 8.01. The van der Waals surface area contributed by atoms with E-state index in [1.807, 2.05) is 31.2 Å². The molecular formula is C17H22ClN3O. The van der Waals surface area contributed by atoms with Gasteiger partial charge < -0.3 is 10.6 Å². The Morgan fingerprint density at radius 3 is 3.00 bits per heavy atom. The number of halogens is 1. The molecule has 4 nitrogen and oxygen atoms in total. The van der Waals surface area contributed by atoms with Crippen LogP contribution >= 0.6 is 11.6 Å².